The normalized spacial score (nSPS) is 17.2. The summed E-state index contributed by atoms with van der Waals surface area (Å²) in [6, 6.07) is 7.68. The van der Waals surface area contributed by atoms with Gasteiger partial charge in [0.1, 0.15) is 0 Å². The van der Waals surface area contributed by atoms with Crippen LogP contribution in [0.15, 0.2) is 34.8 Å². The molecule has 0 aliphatic carbocycles. The second-order valence-corrected chi connectivity index (χ2v) is 6.45. The number of ether oxygens (including phenoxy) is 2. The first-order valence-electron chi connectivity index (χ1n) is 8.00. The van der Waals surface area contributed by atoms with E-state index in [2.05, 4.69) is 20.7 Å². The molecule has 0 spiro atoms. The second-order valence-electron chi connectivity index (χ2n) is 5.60. The molecular formula is C18H22BrNO4. The first-order chi connectivity index (χ1) is 11.6. The van der Waals surface area contributed by atoms with E-state index in [1.165, 1.54) is 13.2 Å². The van der Waals surface area contributed by atoms with Crippen LogP contribution in [-0.4, -0.2) is 49.7 Å². The molecule has 2 rings (SSSR count). The third-order valence-corrected chi connectivity index (χ3v) is 4.61. The summed E-state index contributed by atoms with van der Waals surface area (Å²) >= 11 is 3.46. The number of hydrogen-bond donors (Lipinski definition) is 0. The van der Waals surface area contributed by atoms with Crippen LogP contribution in [0.4, 0.5) is 0 Å². The number of benzene rings is 1. The Morgan fingerprint density at radius 2 is 2.21 bits per heavy atom. The molecule has 1 atom stereocenters. The zero-order valence-corrected chi connectivity index (χ0v) is 15.3. The van der Waals surface area contributed by atoms with Gasteiger partial charge in [-0.2, -0.15) is 0 Å². The van der Waals surface area contributed by atoms with Crippen LogP contribution in [0.25, 0.3) is 6.08 Å². The summed E-state index contributed by atoms with van der Waals surface area (Å²) in [4.78, 5) is 25.6. The van der Waals surface area contributed by atoms with Crippen molar-refractivity contribution in [1.29, 1.82) is 0 Å². The molecule has 1 unspecified atom stereocenters. The molecule has 1 amide bonds. The molecule has 130 valence electrons. The molecule has 0 radical (unpaired) electrons. The zero-order valence-electron chi connectivity index (χ0n) is 13.7. The number of hydrogen-bond acceptors (Lipinski definition) is 4. The van der Waals surface area contributed by atoms with Gasteiger partial charge in [-0.15, -0.1) is 0 Å². The number of carbonyl (C=O) groups is 2. The van der Waals surface area contributed by atoms with Gasteiger partial charge in [0, 0.05) is 30.2 Å². The van der Waals surface area contributed by atoms with Crippen LogP contribution in [0.2, 0.25) is 0 Å². The van der Waals surface area contributed by atoms with Gasteiger partial charge >= 0.3 is 5.97 Å². The van der Waals surface area contributed by atoms with Crippen LogP contribution >= 0.6 is 15.9 Å². The Morgan fingerprint density at radius 3 is 2.88 bits per heavy atom. The summed E-state index contributed by atoms with van der Waals surface area (Å²) in [5, 5.41) is 0. The van der Waals surface area contributed by atoms with Gasteiger partial charge in [0.2, 0.25) is 5.91 Å². The Bertz CT molecular complexity index is 596. The van der Waals surface area contributed by atoms with E-state index in [4.69, 9.17) is 4.74 Å². The van der Waals surface area contributed by atoms with Gasteiger partial charge < -0.3 is 14.4 Å². The predicted octanol–water partition coefficient (Wildman–Crippen LogP) is 3.03. The summed E-state index contributed by atoms with van der Waals surface area (Å²) < 4.78 is 11.2. The Morgan fingerprint density at radius 1 is 1.42 bits per heavy atom. The average Bonchev–Trinajstić information content (AvgIpc) is 3.10. The molecule has 5 nitrogen and oxygen atoms in total. The van der Waals surface area contributed by atoms with E-state index in [1.807, 2.05) is 24.3 Å². The molecule has 0 aromatic heterocycles. The summed E-state index contributed by atoms with van der Waals surface area (Å²) in [6.07, 6.45) is 5.48. The number of rotatable bonds is 7. The average molecular weight is 396 g/mol. The van der Waals surface area contributed by atoms with Crippen molar-refractivity contribution in [2.45, 2.75) is 25.4 Å². The van der Waals surface area contributed by atoms with Gasteiger partial charge in [-0.25, -0.2) is 0 Å². The van der Waals surface area contributed by atoms with Gasteiger partial charge in [0.25, 0.3) is 0 Å². The molecule has 1 saturated heterocycles. The van der Waals surface area contributed by atoms with Crippen molar-refractivity contribution in [3.05, 3.63) is 40.4 Å². The highest BCUT2D eigenvalue weighted by Crippen LogP contribution is 2.18. The molecule has 1 fully saturated rings. The summed E-state index contributed by atoms with van der Waals surface area (Å²) in [6.45, 7) is 1.55. The lowest BCUT2D eigenvalue weighted by atomic mass is 10.2. The lowest BCUT2D eigenvalue weighted by molar-refractivity contribution is -0.141. The third kappa shape index (κ3) is 5.76. The van der Waals surface area contributed by atoms with E-state index in [9.17, 15) is 9.59 Å². The van der Waals surface area contributed by atoms with Crippen molar-refractivity contribution in [1.82, 2.24) is 4.90 Å². The molecule has 24 heavy (non-hydrogen) atoms. The van der Waals surface area contributed by atoms with E-state index in [0.717, 1.165) is 29.5 Å². The number of methoxy groups -OCH3 is 1. The first kappa shape index (κ1) is 18.7. The smallest absolute Gasteiger partial charge is 0.307 e. The van der Waals surface area contributed by atoms with Gasteiger partial charge in [0.05, 0.1) is 19.6 Å². The van der Waals surface area contributed by atoms with Gasteiger partial charge in [0.15, 0.2) is 0 Å². The molecule has 0 bridgehead atoms. The van der Waals surface area contributed by atoms with Crippen molar-refractivity contribution in [2.75, 3.05) is 26.8 Å². The van der Waals surface area contributed by atoms with E-state index in [0.29, 0.717) is 13.1 Å². The third-order valence-electron chi connectivity index (χ3n) is 3.88. The van der Waals surface area contributed by atoms with Gasteiger partial charge in [-0.3, -0.25) is 9.59 Å². The minimum absolute atomic E-state index is 0.0449. The zero-order chi connectivity index (χ0) is 17.4. The van der Waals surface area contributed by atoms with E-state index in [1.54, 1.807) is 11.0 Å². The second kappa shape index (κ2) is 9.59. The van der Waals surface area contributed by atoms with Crippen molar-refractivity contribution < 1.29 is 19.1 Å². The SMILES string of the molecule is COC(=O)CCN(CC1CCCO1)C(=O)/C=C/c1ccccc1Br. The quantitative estimate of drug-likeness (QED) is 0.525. The highest BCUT2D eigenvalue weighted by Gasteiger charge is 2.22. The maximum atomic E-state index is 12.5. The fraction of sp³-hybridized carbons (Fsp3) is 0.444. The van der Waals surface area contributed by atoms with Gasteiger partial charge in [-0.05, 0) is 30.5 Å². The molecule has 1 aromatic carbocycles. The van der Waals surface area contributed by atoms with Crippen LogP contribution in [-0.2, 0) is 19.1 Å². The number of carbonyl (C=O) groups excluding carboxylic acids is 2. The maximum absolute atomic E-state index is 12.5. The van der Waals surface area contributed by atoms with E-state index < -0.39 is 0 Å². The fourth-order valence-electron chi connectivity index (χ4n) is 2.53. The van der Waals surface area contributed by atoms with Crippen LogP contribution in [0.3, 0.4) is 0 Å². The molecule has 0 N–H and O–H groups in total. The maximum Gasteiger partial charge on any atom is 0.307 e. The van der Waals surface area contributed by atoms with Crippen LogP contribution in [0.1, 0.15) is 24.8 Å². The molecule has 1 aliphatic rings. The lowest BCUT2D eigenvalue weighted by Crippen LogP contribution is -2.37. The highest BCUT2D eigenvalue weighted by molar-refractivity contribution is 9.10. The Balaban J connectivity index is 2.01. The van der Waals surface area contributed by atoms with Crippen LogP contribution in [0.5, 0.6) is 0 Å². The van der Waals surface area contributed by atoms with Gasteiger partial charge in [-0.1, -0.05) is 34.1 Å². The largest absolute Gasteiger partial charge is 0.469 e. The van der Waals surface area contributed by atoms with E-state index >= 15 is 0 Å². The van der Waals surface area contributed by atoms with E-state index in [-0.39, 0.29) is 24.4 Å². The monoisotopic (exact) mass is 395 g/mol. The predicted molar refractivity (Wildman–Crippen MR) is 95.4 cm³/mol. The minimum atomic E-state index is -0.324. The molecule has 1 aromatic rings. The highest BCUT2D eigenvalue weighted by atomic mass is 79.9. The van der Waals surface area contributed by atoms with Crippen LogP contribution < -0.4 is 0 Å². The number of amides is 1. The minimum Gasteiger partial charge on any atom is -0.469 e. The number of halogens is 1. The Hall–Kier alpha value is -1.66. The molecule has 1 aliphatic heterocycles. The Labute approximate surface area is 150 Å². The number of esters is 1. The van der Waals surface area contributed by atoms with Crippen molar-refractivity contribution in [2.24, 2.45) is 0 Å². The van der Waals surface area contributed by atoms with Crippen molar-refractivity contribution in [3.63, 3.8) is 0 Å². The molecular weight excluding hydrogens is 374 g/mol. The fourth-order valence-corrected chi connectivity index (χ4v) is 2.95. The Kier molecular flexibility index (Phi) is 7.46. The summed E-state index contributed by atoms with van der Waals surface area (Å²) in [7, 11) is 1.35. The first-order valence-corrected chi connectivity index (χ1v) is 8.79. The van der Waals surface area contributed by atoms with Crippen molar-refractivity contribution in [3.8, 4) is 0 Å². The van der Waals surface area contributed by atoms with Crippen molar-refractivity contribution >= 4 is 33.9 Å². The van der Waals surface area contributed by atoms with Crippen LogP contribution in [0, 0.1) is 0 Å². The standard InChI is InChI=1S/C18H22BrNO4/c1-23-18(22)10-11-20(13-15-6-4-12-24-15)17(21)9-8-14-5-2-3-7-16(14)19/h2-3,5,7-9,15H,4,6,10-13H2,1H3/b9-8+. The molecule has 0 saturated carbocycles. The summed E-state index contributed by atoms with van der Waals surface area (Å²) in [5.74, 6) is -0.458. The lowest BCUT2D eigenvalue weighted by Gasteiger charge is -2.24. The topological polar surface area (TPSA) is 55.8 Å². The molecule has 6 heteroatoms. The summed E-state index contributed by atoms with van der Waals surface area (Å²) in [5.41, 5.74) is 0.927. The molecule has 1 heterocycles. The number of nitrogens with zero attached hydrogens (tertiary/aromatic N) is 1.